The van der Waals surface area contributed by atoms with Crippen LogP contribution in [0.4, 0.5) is 10.6 Å². The van der Waals surface area contributed by atoms with Crippen LogP contribution in [0.25, 0.3) is 0 Å². The molecule has 0 radical (unpaired) electrons. The number of hydrazine groups is 2. The first-order valence-electron chi connectivity index (χ1n) is 3.64. The number of aromatic nitrogens is 2. The van der Waals surface area contributed by atoms with Crippen molar-refractivity contribution in [1.29, 1.82) is 0 Å². The van der Waals surface area contributed by atoms with E-state index in [0.29, 0.717) is 10.7 Å². The molecular formula is C6H10N6O2. The number of nitrogens with one attached hydrogen (secondary N) is 1. The second-order valence-corrected chi connectivity index (χ2v) is 2.45. The molecule has 2 amide bonds. The van der Waals surface area contributed by atoms with Crippen LogP contribution in [0, 0.1) is 6.92 Å². The lowest BCUT2D eigenvalue weighted by Gasteiger charge is -2.15. The Bertz CT molecular complexity index is 354. The first-order chi connectivity index (χ1) is 6.57. The number of aryl methyl sites for hydroxylation is 1. The number of carbonyl (C=O) groups is 1. The van der Waals surface area contributed by atoms with E-state index < -0.39 is 6.03 Å². The molecule has 0 fully saturated rings. The number of anilines is 1. The van der Waals surface area contributed by atoms with Gasteiger partial charge in [-0.1, -0.05) is 0 Å². The zero-order valence-corrected chi connectivity index (χ0v) is 7.43. The smallest absolute Gasteiger partial charge is 0.351 e. The Morgan fingerprint density at radius 3 is 2.86 bits per heavy atom. The van der Waals surface area contributed by atoms with Crippen LogP contribution in [0.5, 0.6) is 5.75 Å². The molecule has 6 N–H and O–H groups in total. The van der Waals surface area contributed by atoms with Gasteiger partial charge in [0.1, 0.15) is 6.33 Å². The fourth-order valence-corrected chi connectivity index (χ4v) is 0.796. The van der Waals surface area contributed by atoms with Gasteiger partial charge in [0.15, 0.2) is 11.6 Å². The maximum absolute atomic E-state index is 11.0. The third kappa shape index (κ3) is 1.70. The van der Waals surface area contributed by atoms with Crippen LogP contribution in [-0.2, 0) is 0 Å². The molecule has 14 heavy (non-hydrogen) atoms. The highest BCUT2D eigenvalue weighted by molar-refractivity contribution is 5.90. The van der Waals surface area contributed by atoms with E-state index >= 15 is 0 Å². The van der Waals surface area contributed by atoms with Gasteiger partial charge in [0, 0.05) is 0 Å². The summed E-state index contributed by atoms with van der Waals surface area (Å²) < 4.78 is 0. The summed E-state index contributed by atoms with van der Waals surface area (Å²) in [4.78, 5) is 18.3. The predicted molar refractivity (Wildman–Crippen MR) is 47.8 cm³/mol. The average molecular weight is 198 g/mol. The maximum atomic E-state index is 11.0. The van der Waals surface area contributed by atoms with Gasteiger partial charge in [0.2, 0.25) is 0 Å². The van der Waals surface area contributed by atoms with Crippen molar-refractivity contribution in [2.75, 3.05) is 5.01 Å². The Hall–Kier alpha value is -1.93. The minimum Gasteiger partial charge on any atom is -0.503 e. The molecule has 76 valence electrons. The van der Waals surface area contributed by atoms with Crippen LogP contribution in [0.1, 0.15) is 5.69 Å². The number of nitrogens with zero attached hydrogens (tertiary/aromatic N) is 3. The van der Waals surface area contributed by atoms with Crippen molar-refractivity contribution in [3.8, 4) is 5.75 Å². The maximum Gasteiger partial charge on any atom is 0.351 e. The standard InChI is InChI=1S/C6H10N6O2/c1-3-4(13)5(10-2-9-3)12(8)6(14)11-7/h2,13H,7-8H2,1H3,(H,11,14). The van der Waals surface area contributed by atoms with E-state index in [1.54, 1.807) is 12.3 Å². The molecule has 1 aromatic heterocycles. The van der Waals surface area contributed by atoms with Crippen molar-refractivity contribution >= 4 is 11.8 Å². The lowest BCUT2D eigenvalue weighted by Crippen LogP contribution is -2.48. The van der Waals surface area contributed by atoms with Crippen molar-refractivity contribution in [1.82, 2.24) is 15.4 Å². The van der Waals surface area contributed by atoms with Gasteiger partial charge in [0.25, 0.3) is 0 Å². The monoisotopic (exact) mass is 198 g/mol. The van der Waals surface area contributed by atoms with E-state index in [-0.39, 0.29) is 11.6 Å². The number of nitrogens with two attached hydrogens (primary N) is 2. The molecule has 0 saturated carbocycles. The summed E-state index contributed by atoms with van der Waals surface area (Å²) >= 11 is 0. The van der Waals surface area contributed by atoms with Crippen molar-refractivity contribution < 1.29 is 9.90 Å². The highest BCUT2D eigenvalue weighted by Gasteiger charge is 2.17. The number of aromatic hydroxyl groups is 1. The Labute approximate surface area is 79.5 Å². The molecule has 0 aliphatic carbocycles. The van der Waals surface area contributed by atoms with Crippen LogP contribution >= 0.6 is 0 Å². The first kappa shape index (κ1) is 10.2. The molecule has 8 heteroatoms. The molecule has 8 nitrogen and oxygen atoms in total. The average Bonchev–Trinajstić information content (AvgIpc) is 2.20. The van der Waals surface area contributed by atoms with Gasteiger partial charge in [0.05, 0.1) is 5.69 Å². The topological polar surface area (TPSA) is 130 Å². The van der Waals surface area contributed by atoms with E-state index in [1.165, 1.54) is 6.33 Å². The summed E-state index contributed by atoms with van der Waals surface area (Å²) in [7, 11) is 0. The van der Waals surface area contributed by atoms with Gasteiger partial charge in [-0.3, -0.25) is 5.43 Å². The molecule has 0 aliphatic heterocycles. The number of urea groups is 1. The van der Waals surface area contributed by atoms with Crippen molar-refractivity contribution in [3.05, 3.63) is 12.0 Å². The molecule has 0 aromatic carbocycles. The minimum atomic E-state index is -0.793. The van der Waals surface area contributed by atoms with Crippen LogP contribution < -0.4 is 22.1 Å². The van der Waals surface area contributed by atoms with E-state index in [0.717, 1.165) is 0 Å². The summed E-state index contributed by atoms with van der Waals surface area (Å²) in [5.74, 6) is 9.79. The zero-order valence-electron chi connectivity index (χ0n) is 7.43. The molecule has 1 aromatic rings. The Morgan fingerprint density at radius 1 is 1.64 bits per heavy atom. The number of carbonyl (C=O) groups excluding carboxylic acids is 1. The zero-order chi connectivity index (χ0) is 10.7. The highest BCUT2D eigenvalue weighted by atomic mass is 16.3. The number of amides is 2. The third-order valence-corrected chi connectivity index (χ3v) is 1.56. The molecule has 0 atom stereocenters. The third-order valence-electron chi connectivity index (χ3n) is 1.56. The molecule has 0 aliphatic rings. The summed E-state index contributed by atoms with van der Waals surface area (Å²) in [6.07, 6.45) is 1.17. The molecule has 0 bridgehead atoms. The van der Waals surface area contributed by atoms with Crippen LogP contribution in [0.3, 0.4) is 0 Å². The van der Waals surface area contributed by atoms with E-state index in [1.807, 2.05) is 0 Å². The molecular weight excluding hydrogens is 188 g/mol. The van der Waals surface area contributed by atoms with Gasteiger partial charge < -0.3 is 5.11 Å². The van der Waals surface area contributed by atoms with Crippen LogP contribution in [0.15, 0.2) is 6.33 Å². The molecule has 0 unspecified atom stereocenters. The lowest BCUT2D eigenvalue weighted by atomic mass is 10.4. The van der Waals surface area contributed by atoms with E-state index in [4.69, 9.17) is 11.7 Å². The van der Waals surface area contributed by atoms with Gasteiger partial charge in [-0.25, -0.2) is 31.5 Å². The van der Waals surface area contributed by atoms with Crippen molar-refractivity contribution in [2.45, 2.75) is 6.92 Å². The summed E-state index contributed by atoms with van der Waals surface area (Å²) in [5, 5.41) is 10.0. The van der Waals surface area contributed by atoms with Crippen LogP contribution in [0.2, 0.25) is 0 Å². The molecule has 1 rings (SSSR count). The molecule has 1 heterocycles. The Morgan fingerprint density at radius 2 is 2.29 bits per heavy atom. The second-order valence-electron chi connectivity index (χ2n) is 2.45. The second kappa shape index (κ2) is 3.85. The molecule has 0 saturated heterocycles. The quantitative estimate of drug-likeness (QED) is 0.253. The van der Waals surface area contributed by atoms with Gasteiger partial charge in [-0.2, -0.15) is 0 Å². The van der Waals surface area contributed by atoms with E-state index in [9.17, 15) is 9.90 Å². The van der Waals surface area contributed by atoms with Crippen LogP contribution in [-0.4, -0.2) is 21.1 Å². The van der Waals surface area contributed by atoms with Gasteiger partial charge >= 0.3 is 6.03 Å². The number of hydrogen-bond acceptors (Lipinski definition) is 6. The fourth-order valence-electron chi connectivity index (χ4n) is 0.796. The number of rotatable bonds is 1. The van der Waals surface area contributed by atoms with E-state index in [2.05, 4.69) is 9.97 Å². The lowest BCUT2D eigenvalue weighted by molar-refractivity contribution is 0.246. The summed E-state index contributed by atoms with van der Waals surface area (Å²) in [5.41, 5.74) is 2.12. The number of hydrogen-bond donors (Lipinski definition) is 4. The minimum absolute atomic E-state index is 0.111. The van der Waals surface area contributed by atoms with Crippen molar-refractivity contribution in [3.63, 3.8) is 0 Å². The summed E-state index contributed by atoms with van der Waals surface area (Å²) in [6.45, 7) is 1.55. The largest absolute Gasteiger partial charge is 0.503 e. The Balaban J connectivity index is 3.07. The highest BCUT2D eigenvalue weighted by Crippen LogP contribution is 2.23. The van der Waals surface area contributed by atoms with Gasteiger partial charge in [-0.15, -0.1) is 0 Å². The predicted octanol–water partition coefficient (Wildman–Crippen LogP) is -1.25. The SMILES string of the molecule is Cc1ncnc(N(N)C(=O)NN)c1O. The fraction of sp³-hybridized carbons (Fsp3) is 0.167. The first-order valence-corrected chi connectivity index (χ1v) is 3.64. The molecule has 0 spiro atoms. The van der Waals surface area contributed by atoms with Gasteiger partial charge in [-0.05, 0) is 6.92 Å². The van der Waals surface area contributed by atoms with Crippen molar-refractivity contribution in [2.24, 2.45) is 11.7 Å². The Kier molecular flexibility index (Phi) is 2.79. The normalized spacial score (nSPS) is 9.64. The summed E-state index contributed by atoms with van der Waals surface area (Å²) in [6, 6.07) is -0.793.